The fourth-order valence-corrected chi connectivity index (χ4v) is 6.04. The van der Waals surface area contributed by atoms with Crippen molar-refractivity contribution in [2.75, 3.05) is 37.7 Å². The molecule has 3 aromatic carbocycles. The number of amides is 3. The smallest absolute Gasteiger partial charge is 0.408 e. The van der Waals surface area contributed by atoms with E-state index < -0.39 is 58.9 Å². The van der Waals surface area contributed by atoms with E-state index in [2.05, 4.69) is 26.2 Å². The summed E-state index contributed by atoms with van der Waals surface area (Å²) in [6.45, 7) is -0.128. The second-order valence-electron chi connectivity index (χ2n) is 10.6. The van der Waals surface area contributed by atoms with Gasteiger partial charge in [0.25, 0.3) is 0 Å². The minimum absolute atomic E-state index is 0.0778. The zero-order valence-electron chi connectivity index (χ0n) is 27.4. The lowest BCUT2D eigenvalue weighted by atomic mass is 10.2. The number of benzene rings is 3. The van der Waals surface area contributed by atoms with Crippen molar-refractivity contribution in [2.24, 2.45) is 10.2 Å². The lowest BCUT2D eigenvalue weighted by Gasteiger charge is -2.21. The van der Waals surface area contributed by atoms with Crippen LogP contribution in [0, 0.1) is 0 Å². The highest BCUT2D eigenvalue weighted by atomic mass is 32.2. The zero-order valence-corrected chi connectivity index (χ0v) is 29.1. The number of carbonyl (C=O) groups is 4. The third-order valence-electron chi connectivity index (χ3n) is 6.63. The van der Waals surface area contributed by atoms with Crippen molar-refractivity contribution in [2.45, 2.75) is 31.4 Å². The van der Waals surface area contributed by atoms with Crippen molar-refractivity contribution in [1.29, 1.82) is 0 Å². The summed E-state index contributed by atoms with van der Waals surface area (Å²) in [6.07, 6.45) is -0.995. The molecule has 0 bridgehead atoms. The van der Waals surface area contributed by atoms with E-state index in [1.807, 2.05) is 18.2 Å². The van der Waals surface area contributed by atoms with Gasteiger partial charge in [0.1, 0.15) is 31.0 Å². The van der Waals surface area contributed by atoms with Crippen LogP contribution in [-0.2, 0) is 46.1 Å². The first-order valence-electron chi connectivity index (χ1n) is 15.2. The van der Waals surface area contributed by atoms with Crippen LogP contribution in [0.25, 0.3) is 0 Å². The lowest BCUT2D eigenvalue weighted by molar-refractivity contribution is -0.146. The first-order valence-corrected chi connectivity index (χ1v) is 18.2. The second kappa shape index (κ2) is 20.5. The average molecular weight is 730 g/mol. The Balaban J connectivity index is 1.52. The maximum atomic E-state index is 13.0. The monoisotopic (exact) mass is 729 g/mol. The Bertz CT molecular complexity index is 1690. The molecule has 2 atom stereocenters. The highest BCUT2D eigenvalue weighted by molar-refractivity contribution is 7.99. The number of azo groups is 1. The molecule has 0 aromatic heterocycles. The number of alkyl carbamates (subject to hydrolysis) is 1. The molecular formula is C33H39N5O10S2. The molecule has 0 fully saturated rings. The van der Waals surface area contributed by atoms with E-state index >= 15 is 0 Å². The molecule has 50 heavy (non-hydrogen) atoms. The van der Waals surface area contributed by atoms with Crippen molar-refractivity contribution < 1.29 is 46.9 Å². The van der Waals surface area contributed by atoms with E-state index in [1.54, 1.807) is 60.7 Å². The Morgan fingerprint density at radius 2 is 1.48 bits per heavy atom. The van der Waals surface area contributed by atoms with Gasteiger partial charge in [0, 0.05) is 12.7 Å². The molecule has 268 valence electrons. The largest absolute Gasteiger partial charge is 0.497 e. The summed E-state index contributed by atoms with van der Waals surface area (Å²) in [5.74, 6) is -2.34. The van der Waals surface area contributed by atoms with Crippen LogP contribution in [0.1, 0.15) is 18.1 Å². The van der Waals surface area contributed by atoms with E-state index in [1.165, 1.54) is 14.0 Å². The summed E-state index contributed by atoms with van der Waals surface area (Å²) in [6, 6.07) is 19.6. The number of thioether (sulfide) groups is 1. The summed E-state index contributed by atoms with van der Waals surface area (Å²) in [4.78, 5) is 49.4. The molecule has 0 aliphatic rings. The number of carbonyl (C=O) groups excluding carboxylic acids is 4. The van der Waals surface area contributed by atoms with Gasteiger partial charge in [-0.1, -0.05) is 42.5 Å². The van der Waals surface area contributed by atoms with Crippen LogP contribution in [0.4, 0.5) is 16.2 Å². The highest BCUT2D eigenvalue weighted by Crippen LogP contribution is 2.19. The molecule has 0 radical (unpaired) electrons. The second-order valence-corrected chi connectivity index (χ2v) is 13.8. The minimum atomic E-state index is -3.71. The third-order valence-corrected chi connectivity index (χ3v) is 9.11. The predicted molar refractivity (Wildman–Crippen MR) is 186 cm³/mol. The van der Waals surface area contributed by atoms with Gasteiger partial charge in [0.2, 0.25) is 11.8 Å². The molecule has 3 aromatic rings. The van der Waals surface area contributed by atoms with Crippen LogP contribution in [0.3, 0.4) is 0 Å². The molecule has 0 aliphatic carbocycles. The molecule has 3 amide bonds. The highest BCUT2D eigenvalue weighted by Gasteiger charge is 2.28. The number of methoxy groups -OCH3 is 1. The fourth-order valence-electron chi connectivity index (χ4n) is 3.98. The summed E-state index contributed by atoms with van der Waals surface area (Å²) < 4.78 is 40.9. The van der Waals surface area contributed by atoms with Gasteiger partial charge < -0.3 is 35.3 Å². The van der Waals surface area contributed by atoms with Gasteiger partial charge in [0.05, 0.1) is 42.5 Å². The maximum absolute atomic E-state index is 13.0. The van der Waals surface area contributed by atoms with Crippen molar-refractivity contribution in [3.63, 3.8) is 0 Å². The van der Waals surface area contributed by atoms with Gasteiger partial charge in [-0.3, -0.25) is 9.59 Å². The van der Waals surface area contributed by atoms with E-state index in [-0.39, 0.29) is 29.9 Å². The quantitative estimate of drug-likeness (QED) is 0.0609. The molecule has 4 N–H and O–H groups in total. The van der Waals surface area contributed by atoms with Crippen molar-refractivity contribution >= 4 is 56.9 Å². The van der Waals surface area contributed by atoms with Gasteiger partial charge in [0.15, 0.2) is 9.84 Å². The Labute approximate surface area is 294 Å². The topological polar surface area (TPSA) is 211 Å². The number of esters is 1. The molecule has 2 unspecified atom stereocenters. The van der Waals surface area contributed by atoms with Crippen LogP contribution >= 0.6 is 11.8 Å². The normalized spacial score (nSPS) is 12.4. The lowest BCUT2D eigenvalue weighted by Crippen LogP contribution is -2.54. The SMILES string of the molecule is COc1ccc(COC(=O)NC(CO)C(=O)NC(CSCNC(C)=O)C(=O)OCCS(=O)(=O)Cc2ccc(N=Nc3ccccc3)cc2)cc1. The molecule has 0 heterocycles. The molecule has 0 aliphatic heterocycles. The van der Waals surface area contributed by atoms with Gasteiger partial charge >= 0.3 is 12.1 Å². The molecule has 3 rings (SSSR count). The Morgan fingerprint density at radius 1 is 0.840 bits per heavy atom. The van der Waals surface area contributed by atoms with Crippen LogP contribution in [-0.4, -0.2) is 87.2 Å². The summed E-state index contributed by atoms with van der Waals surface area (Å²) in [5, 5.41) is 25.2. The number of rotatable bonds is 19. The first-order chi connectivity index (χ1) is 24.0. The van der Waals surface area contributed by atoms with Gasteiger partial charge in [-0.15, -0.1) is 11.8 Å². The van der Waals surface area contributed by atoms with Crippen molar-refractivity contribution in [1.82, 2.24) is 16.0 Å². The molecular weight excluding hydrogens is 691 g/mol. The predicted octanol–water partition coefficient (Wildman–Crippen LogP) is 3.17. The number of sulfone groups is 1. The third kappa shape index (κ3) is 14.6. The van der Waals surface area contributed by atoms with E-state index in [0.29, 0.717) is 28.3 Å². The minimum Gasteiger partial charge on any atom is -0.497 e. The number of aliphatic hydroxyl groups is 1. The molecule has 0 saturated carbocycles. The van der Waals surface area contributed by atoms with Crippen molar-refractivity contribution in [3.8, 4) is 5.75 Å². The fraction of sp³-hybridized carbons (Fsp3) is 0.333. The number of nitrogens with zero attached hydrogens (tertiary/aromatic N) is 2. The van der Waals surface area contributed by atoms with Gasteiger partial charge in [-0.2, -0.15) is 10.2 Å². The number of hydrogen-bond acceptors (Lipinski definition) is 13. The number of ether oxygens (including phenoxy) is 3. The molecule has 0 saturated heterocycles. The van der Waals surface area contributed by atoms with Crippen LogP contribution in [0.2, 0.25) is 0 Å². The zero-order chi connectivity index (χ0) is 36.4. The van der Waals surface area contributed by atoms with Gasteiger partial charge in [-0.25, -0.2) is 18.0 Å². The summed E-state index contributed by atoms with van der Waals surface area (Å²) >= 11 is 1.08. The Kier molecular flexibility index (Phi) is 16.2. The Morgan fingerprint density at radius 3 is 2.10 bits per heavy atom. The van der Waals surface area contributed by atoms with E-state index in [9.17, 15) is 32.7 Å². The van der Waals surface area contributed by atoms with Crippen molar-refractivity contribution in [3.05, 3.63) is 90.0 Å². The average Bonchev–Trinajstić information content (AvgIpc) is 3.10. The van der Waals surface area contributed by atoms with Crippen LogP contribution in [0.5, 0.6) is 5.75 Å². The molecule has 17 heteroatoms. The number of nitrogens with one attached hydrogen (secondary N) is 3. The van der Waals surface area contributed by atoms with Crippen LogP contribution < -0.4 is 20.7 Å². The van der Waals surface area contributed by atoms with E-state index in [0.717, 1.165) is 11.8 Å². The van der Waals surface area contributed by atoms with Crippen LogP contribution in [0.15, 0.2) is 89.1 Å². The standard InChI is InChI=1S/C33H39N5O10S2/c1-23(40)34-22-49-20-30(35-31(41)29(18-39)36-33(43)48-19-24-10-14-28(46-2)15-11-24)32(42)47-16-17-50(44,45)21-25-8-12-27(13-9-25)38-37-26-6-4-3-5-7-26/h3-15,29-30,39H,16-22H2,1-2H3,(H,34,40)(H,35,41)(H,36,43). The molecule has 15 nitrogen and oxygen atoms in total. The summed E-state index contributed by atoms with van der Waals surface area (Å²) in [7, 11) is -2.20. The Hall–Kier alpha value is -5.00. The number of aliphatic hydroxyl groups excluding tert-OH is 1. The molecule has 0 spiro atoms. The maximum Gasteiger partial charge on any atom is 0.408 e. The first kappa shape index (κ1) is 39.4. The number of hydrogen-bond donors (Lipinski definition) is 4. The van der Waals surface area contributed by atoms with E-state index in [4.69, 9.17) is 14.2 Å². The summed E-state index contributed by atoms with van der Waals surface area (Å²) in [5.41, 5.74) is 2.36. The van der Waals surface area contributed by atoms with Gasteiger partial charge in [-0.05, 0) is 47.5 Å².